The number of piperidine rings is 1. The number of nitrogens with zero attached hydrogens (tertiary/aromatic N) is 2. The Hall–Kier alpha value is -3.63. The number of carbonyl (C=O) groups excluding carboxylic acids is 4. The summed E-state index contributed by atoms with van der Waals surface area (Å²) in [7, 11) is 0. The van der Waals surface area contributed by atoms with Crippen molar-refractivity contribution in [2.24, 2.45) is 0 Å². The maximum atomic E-state index is 13.0. The molecule has 2 aromatic carbocycles. The lowest BCUT2D eigenvalue weighted by atomic mass is 10.0. The largest absolute Gasteiger partial charge is 0.493 e. The third-order valence-corrected chi connectivity index (χ3v) is 8.10. The minimum atomic E-state index is -0.660. The van der Waals surface area contributed by atoms with E-state index in [-0.39, 0.29) is 36.9 Å². The van der Waals surface area contributed by atoms with E-state index in [9.17, 15) is 19.2 Å². The monoisotopic (exact) mass is 582 g/mol. The van der Waals surface area contributed by atoms with Crippen molar-refractivity contribution >= 4 is 35.4 Å². The predicted octanol–water partition coefficient (Wildman–Crippen LogP) is 3.95. The molecular weight excluding hydrogens is 548 g/mol. The molecule has 2 aromatic rings. The van der Waals surface area contributed by atoms with Crippen LogP contribution in [0.25, 0.3) is 0 Å². The van der Waals surface area contributed by atoms with Gasteiger partial charge in [0.15, 0.2) is 0 Å². The second-order valence-electron chi connectivity index (χ2n) is 10.5. The molecule has 0 aromatic heterocycles. The van der Waals surface area contributed by atoms with E-state index in [0.717, 1.165) is 23.1 Å². The number of rotatable bonds is 11. The topological polar surface area (TPSA) is 117 Å². The van der Waals surface area contributed by atoms with E-state index < -0.39 is 11.9 Å². The predicted molar refractivity (Wildman–Crippen MR) is 151 cm³/mol. The van der Waals surface area contributed by atoms with Crippen LogP contribution < -0.4 is 15.4 Å². The SMILES string of the molecule is CCN(CCC1OCc2ccc(Cl)cc21)C(=O)NCCCCOc1cccc2c1CN(C1CCC(=O)NC1=O)C2=O. The molecule has 2 atom stereocenters. The molecule has 3 aliphatic rings. The van der Waals surface area contributed by atoms with E-state index in [4.69, 9.17) is 21.1 Å². The number of imide groups is 1. The molecule has 5 rings (SSSR count). The molecule has 1 saturated heterocycles. The van der Waals surface area contributed by atoms with Gasteiger partial charge in [-0.15, -0.1) is 0 Å². The van der Waals surface area contributed by atoms with Crippen molar-refractivity contribution in [2.75, 3.05) is 26.2 Å². The molecule has 0 saturated carbocycles. The molecule has 3 aliphatic heterocycles. The number of halogens is 1. The van der Waals surface area contributed by atoms with E-state index in [1.807, 2.05) is 31.2 Å². The average molecular weight is 583 g/mol. The number of ether oxygens (including phenoxy) is 2. The van der Waals surface area contributed by atoms with Gasteiger partial charge in [0.25, 0.3) is 5.91 Å². The number of urea groups is 1. The van der Waals surface area contributed by atoms with Crippen LogP contribution in [0, 0.1) is 0 Å². The first kappa shape index (κ1) is 28.9. The van der Waals surface area contributed by atoms with Crippen molar-refractivity contribution in [3.63, 3.8) is 0 Å². The van der Waals surface area contributed by atoms with Crippen LogP contribution in [-0.2, 0) is 27.5 Å². The number of hydrogen-bond acceptors (Lipinski definition) is 6. The summed E-state index contributed by atoms with van der Waals surface area (Å²) >= 11 is 6.15. The summed E-state index contributed by atoms with van der Waals surface area (Å²) in [5.74, 6) is -0.358. The van der Waals surface area contributed by atoms with E-state index in [2.05, 4.69) is 10.6 Å². The Kier molecular flexibility index (Phi) is 9.09. The van der Waals surface area contributed by atoms with Crippen LogP contribution in [0.4, 0.5) is 4.79 Å². The van der Waals surface area contributed by atoms with E-state index >= 15 is 0 Å². The second-order valence-corrected chi connectivity index (χ2v) is 10.9. The fourth-order valence-electron chi connectivity index (χ4n) is 5.60. The number of amides is 5. The second kappa shape index (κ2) is 12.9. The van der Waals surface area contributed by atoms with Gasteiger partial charge in [-0.1, -0.05) is 23.7 Å². The van der Waals surface area contributed by atoms with Gasteiger partial charge in [-0.2, -0.15) is 0 Å². The van der Waals surface area contributed by atoms with Gasteiger partial charge in [0.05, 0.1) is 25.9 Å². The molecule has 218 valence electrons. The highest BCUT2D eigenvalue weighted by Gasteiger charge is 2.40. The first-order valence-corrected chi connectivity index (χ1v) is 14.6. The van der Waals surface area contributed by atoms with Crippen molar-refractivity contribution in [1.29, 1.82) is 0 Å². The minimum Gasteiger partial charge on any atom is -0.493 e. The maximum absolute atomic E-state index is 13.0. The Morgan fingerprint density at radius 3 is 2.88 bits per heavy atom. The minimum absolute atomic E-state index is 0.0615. The molecular formula is C30H35ClN4O6. The van der Waals surface area contributed by atoms with Gasteiger partial charge in [0, 0.05) is 42.2 Å². The Morgan fingerprint density at radius 2 is 2.07 bits per heavy atom. The van der Waals surface area contributed by atoms with Crippen molar-refractivity contribution in [1.82, 2.24) is 20.4 Å². The Labute approximate surface area is 244 Å². The molecule has 0 spiro atoms. The Balaban J connectivity index is 1.03. The Bertz CT molecular complexity index is 1330. The van der Waals surface area contributed by atoms with Crippen molar-refractivity contribution in [3.05, 3.63) is 63.7 Å². The summed E-state index contributed by atoms with van der Waals surface area (Å²) in [6, 6.07) is 10.4. The lowest BCUT2D eigenvalue weighted by Crippen LogP contribution is -2.52. The summed E-state index contributed by atoms with van der Waals surface area (Å²) < 4.78 is 11.9. The fourth-order valence-corrected chi connectivity index (χ4v) is 5.78. The Morgan fingerprint density at radius 1 is 1.22 bits per heavy atom. The third-order valence-electron chi connectivity index (χ3n) is 7.87. The normalized spacial score (nSPS) is 19.6. The zero-order chi connectivity index (χ0) is 28.9. The lowest BCUT2D eigenvalue weighted by Gasteiger charge is -2.29. The molecule has 11 heteroatoms. The van der Waals surface area contributed by atoms with Crippen molar-refractivity contribution in [3.8, 4) is 5.75 Å². The van der Waals surface area contributed by atoms with Gasteiger partial charge in [0.2, 0.25) is 11.8 Å². The lowest BCUT2D eigenvalue weighted by molar-refractivity contribution is -0.136. The van der Waals surface area contributed by atoms with Crippen LogP contribution in [-0.4, -0.2) is 65.8 Å². The van der Waals surface area contributed by atoms with E-state index in [1.54, 1.807) is 17.0 Å². The van der Waals surface area contributed by atoms with Gasteiger partial charge >= 0.3 is 6.03 Å². The van der Waals surface area contributed by atoms with Gasteiger partial charge in [0.1, 0.15) is 11.8 Å². The highest BCUT2D eigenvalue weighted by molar-refractivity contribution is 6.30. The van der Waals surface area contributed by atoms with Crippen LogP contribution in [0.15, 0.2) is 36.4 Å². The number of nitrogens with one attached hydrogen (secondary N) is 2. The fraction of sp³-hybridized carbons (Fsp3) is 0.467. The number of fused-ring (bicyclic) bond motifs is 2. The zero-order valence-corrected chi connectivity index (χ0v) is 23.9. The van der Waals surface area contributed by atoms with Crippen LogP contribution in [0.5, 0.6) is 5.75 Å². The van der Waals surface area contributed by atoms with Gasteiger partial charge in [-0.25, -0.2) is 4.79 Å². The average Bonchev–Trinajstić information content (AvgIpc) is 3.51. The number of carbonyl (C=O) groups is 4. The van der Waals surface area contributed by atoms with E-state index in [1.165, 1.54) is 4.90 Å². The first-order valence-electron chi connectivity index (χ1n) is 14.2. The summed E-state index contributed by atoms with van der Waals surface area (Å²) in [6.07, 6.45) is 2.62. The first-order chi connectivity index (χ1) is 19.9. The number of unbranched alkanes of at least 4 members (excludes halogenated alkanes) is 1. The quantitative estimate of drug-likeness (QED) is 0.306. The smallest absolute Gasteiger partial charge is 0.317 e. The highest BCUT2D eigenvalue weighted by Crippen LogP contribution is 2.35. The van der Waals surface area contributed by atoms with Crippen molar-refractivity contribution < 1.29 is 28.7 Å². The zero-order valence-electron chi connectivity index (χ0n) is 23.1. The summed E-state index contributed by atoms with van der Waals surface area (Å²) in [5.41, 5.74) is 3.53. The summed E-state index contributed by atoms with van der Waals surface area (Å²) in [6.45, 7) is 4.91. The third kappa shape index (κ3) is 6.49. The van der Waals surface area contributed by atoms with Crippen molar-refractivity contribution in [2.45, 2.75) is 64.3 Å². The van der Waals surface area contributed by atoms with Gasteiger partial charge in [-0.3, -0.25) is 19.7 Å². The molecule has 0 radical (unpaired) electrons. The standard InChI is InChI=1S/C30H35ClN4O6/c1-2-34(14-12-26-22-16-20(31)9-8-19(22)18-41-26)30(39)32-13-3-4-15-40-25-7-5-6-21-23(25)17-35(29(21)38)24-10-11-27(36)33-28(24)37/h5-9,16,24,26H,2-4,10-15,17-18H2,1H3,(H,32,39)(H,33,36,37). The van der Waals surface area contributed by atoms with Gasteiger partial charge in [-0.05, 0) is 68.0 Å². The molecule has 0 bridgehead atoms. The molecule has 5 amide bonds. The highest BCUT2D eigenvalue weighted by atomic mass is 35.5. The number of hydrogen-bond donors (Lipinski definition) is 2. The molecule has 41 heavy (non-hydrogen) atoms. The van der Waals surface area contributed by atoms with E-state index in [0.29, 0.717) is 68.4 Å². The van der Waals surface area contributed by atoms with Crippen LogP contribution in [0.1, 0.15) is 72.2 Å². The molecule has 10 nitrogen and oxygen atoms in total. The number of benzene rings is 2. The summed E-state index contributed by atoms with van der Waals surface area (Å²) in [4.78, 5) is 52.8. The summed E-state index contributed by atoms with van der Waals surface area (Å²) in [5, 5.41) is 6.00. The van der Waals surface area contributed by atoms with Crippen LogP contribution in [0.3, 0.4) is 0 Å². The van der Waals surface area contributed by atoms with Crippen LogP contribution in [0.2, 0.25) is 5.02 Å². The van der Waals surface area contributed by atoms with Gasteiger partial charge < -0.3 is 24.6 Å². The molecule has 0 aliphatic carbocycles. The molecule has 2 N–H and O–H groups in total. The van der Waals surface area contributed by atoms with Crippen LogP contribution >= 0.6 is 11.6 Å². The molecule has 3 heterocycles. The molecule has 1 fully saturated rings. The molecule has 2 unspecified atom stereocenters. The maximum Gasteiger partial charge on any atom is 0.317 e.